The maximum atomic E-state index is 10.2. The number of carbonyl (C=O) groups is 1. The quantitative estimate of drug-likeness (QED) is 0.230. The molecule has 14 heavy (non-hydrogen) atoms. The van der Waals surface area contributed by atoms with Crippen LogP contribution < -0.4 is 22.5 Å². The average Bonchev–Trinajstić information content (AvgIpc) is 2.52. The van der Waals surface area contributed by atoms with Gasteiger partial charge in [0.2, 0.25) is 5.96 Å². The first-order valence-electron chi connectivity index (χ1n) is 3.04. The lowest BCUT2D eigenvalue weighted by Gasteiger charge is -2.11. The minimum absolute atomic E-state index is 0.559. The first-order chi connectivity index (χ1) is 6.49. The summed E-state index contributed by atoms with van der Waals surface area (Å²) in [5.41, 5.74) is 4.88. The largest absolute Gasteiger partial charge is 0.540 e. The Kier molecular flexibility index (Phi) is 3.56. The van der Waals surface area contributed by atoms with Crippen molar-refractivity contribution in [3.63, 3.8) is 0 Å². The summed E-state index contributed by atoms with van der Waals surface area (Å²) in [6.07, 6.45) is 0. The molecule has 0 aromatic rings. The van der Waals surface area contributed by atoms with Crippen molar-refractivity contribution in [3.8, 4) is 0 Å². The van der Waals surface area contributed by atoms with Gasteiger partial charge in [-0.1, -0.05) is 5.11 Å². The molecule has 0 aromatic carbocycles. The number of quaternary nitrogens is 1. The van der Waals surface area contributed by atoms with E-state index in [1.54, 1.807) is 0 Å². The molecule has 0 spiro atoms. The summed E-state index contributed by atoms with van der Waals surface area (Å²) < 4.78 is 0. The Morgan fingerprint density at radius 2 is 2.07 bits per heavy atom. The Labute approximate surface area is 76.4 Å². The van der Waals surface area contributed by atoms with E-state index in [9.17, 15) is 20.0 Å². The van der Waals surface area contributed by atoms with Crippen molar-refractivity contribution in [2.24, 2.45) is 26.8 Å². The molecule has 11 nitrogen and oxygen atoms in total. The van der Waals surface area contributed by atoms with E-state index < -0.39 is 22.6 Å². The van der Waals surface area contributed by atoms with Gasteiger partial charge in [0.25, 0.3) is 0 Å². The summed E-state index contributed by atoms with van der Waals surface area (Å²) in [6.45, 7) is 0. The van der Waals surface area contributed by atoms with Gasteiger partial charge in [0.05, 0.1) is 4.92 Å². The van der Waals surface area contributed by atoms with Gasteiger partial charge < -0.3 is 15.6 Å². The molecule has 1 aliphatic heterocycles. The van der Waals surface area contributed by atoms with Crippen LogP contribution in [0, 0.1) is 10.1 Å². The second-order valence-corrected chi connectivity index (χ2v) is 1.85. The number of aliphatic imine (C=N–C) groups is 1. The molecule has 0 saturated heterocycles. The van der Waals surface area contributed by atoms with Crippen molar-refractivity contribution in [2.45, 2.75) is 5.79 Å². The molecule has 1 rings (SSSR count). The zero-order chi connectivity index (χ0) is 11.4. The average molecular weight is 205 g/mol. The van der Waals surface area contributed by atoms with E-state index in [1.165, 1.54) is 0 Å². The van der Waals surface area contributed by atoms with Gasteiger partial charge in [-0.2, -0.15) is 5.84 Å². The van der Waals surface area contributed by atoms with Crippen LogP contribution in [0.15, 0.2) is 15.2 Å². The van der Waals surface area contributed by atoms with Crippen molar-refractivity contribution in [1.29, 1.82) is 0 Å². The molecule has 0 saturated carbocycles. The summed E-state index contributed by atoms with van der Waals surface area (Å²) in [5, 5.41) is 26.1. The van der Waals surface area contributed by atoms with Crippen molar-refractivity contribution in [1.82, 2.24) is 0 Å². The van der Waals surface area contributed by atoms with Gasteiger partial charge in [0, 0.05) is 0 Å². The fourth-order valence-corrected chi connectivity index (χ4v) is 0.564. The number of carbonyl (C=O) groups excluding carboxylic acids is 1. The molecule has 0 fully saturated rings. The highest BCUT2D eigenvalue weighted by Crippen LogP contribution is 2.18. The molecule has 0 radical (unpaired) electrons. The number of carboxylic acids is 1. The standard InChI is InChI=1S/C3H3N5O4.H4N2/c4-2-5-3(1(9)10,7-6-2)8(11)12;1-2/h(H2,4,5)(H,9,10);1-2H2. The minimum Gasteiger partial charge on any atom is -0.540 e. The number of nitrogens with zero attached hydrogens (tertiary/aromatic N) is 4. The molecule has 0 bridgehead atoms. The van der Waals surface area contributed by atoms with Gasteiger partial charge in [0.1, 0.15) is 0 Å². The number of guanidine groups is 1. The van der Waals surface area contributed by atoms with Gasteiger partial charge in [-0.15, -0.1) is 10.1 Å². The van der Waals surface area contributed by atoms with Crippen LogP contribution in [-0.2, 0) is 4.79 Å². The van der Waals surface area contributed by atoms with Crippen molar-refractivity contribution in [3.05, 3.63) is 10.1 Å². The highest BCUT2D eigenvalue weighted by Gasteiger charge is 2.49. The van der Waals surface area contributed by atoms with Gasteiger partial charge in [-0.05, 0) is 0 Å². The van der Waals surface area contributed by atoms with Crippen molar-refractivity contribution in [2.75, 3.05) is 0 Å². The fourth-order valence-electron chi connectivity index (χ4n) is 0.564. The summed E-state index contributed by atoms with van der Waals surface area (Å²) >= 11 is 0. The van der Waals surface area contributed by atoms with Crippen LogP contribution in [0.2, 0.25) is 0 Å². The first kappa shape index (κ1) is 11.9. The highest BCUT2D eigenvalue weighted by molar-refractivity contribution is 5.86. The molecule has 0 aromatic heterocycles. The molecule has 1 atom stereocenters. The van der Waals surface area contributed by atoms with Crippen LogP contribution >= 0.6 is 0 Å². The molecule has 0 amide bonds. The first-order valence-corrected chi connectivity index (χ1v) is 3.04. The lowest BCUT2D eigenvalue weighted by Crippen LogP contribution is -2.59. The van der Waals surface area contributed by atoms with E-state index in [1.807, 2.05) is 0 Å². The minimum atomic E-state index is -2.88. The molecule has 1 heterocycles. The number of rotatable bonds is 2. The fraction of sp³-hybridized carbons (Fsp3) is 0.333. The summed E-state index contributed by atoms with van der Waals surface area (Å²) in [7, 11) is 0. The van der Waals surface area contributed by atoms with Crippen LogP contribution in [0.1, 0.15) is 0 Å². The van der Waals surface area contributed by atoms with E-state index in [4.69, 9.17) is 5.73 Å². The van der Waals surface area contributed by atoms with Crippen LogP contribution in [-0.4, -0.2) is 22.6 Å². The Bertz CT molecular complexity index is 294. The number of nitrogens with two attached hydrogens (primary N) is 2. The Morgan fingerprint density at radius 1 is 1.57 bits per heavy atom. The van der Waals surface area contributed by atoms with E-state index in [-0.39, 0.29) is 0 Å². The predicted octanol–water partition coefficient (Wildman–Crippen LogP) is -4.45. The lowest BCUT2D eigenvalue weighted by atomic mass is 10.4. The van der Waals surface area contributed by atoms with E-state index in [0.717, 1.165) is 0 Å². The second kappa shape index (κ2) is 4.20. The SMILES string of the molecule is NC1=NC(C(=O)[O-])([N+](=O)[O-])N=N1.N[NH3+]. The number of hydrogen-bond donors (Lipinski definition) is 3. The number of nitro groups is 1. The van der Waals surface area contributed by atoms with Crippen LogP contribution in [0.3, 0.4) is 0 Å². The summed E-state index contributed by atoms with van der Waals surface area (Å²) in [4.78, 5) is 22.1. The second-order valence-electron chi connectivity index (χ2n) is 1.85. The maximum Gasteiger partial charge on any atom is 0.473 e. The molecular weight excluding hydrogens is 198 g/mol. The normalized spacial score (nSPS) is 23.4. The Hall–Kier alpha value is -2.14. The van der Waals surface area contributed by atoms with E-state index in [2.05, 4.69) is 26.9 Å². The molecule has 78 valence electrons. The lowest BCUT2D eigenvalue weighted by molar-refractivity contribution is -0.563. The van der Waals surface area contributed by atoms with Crippen LogP contribution in [0.5, 0.6) is 0 Å². The summed E-state index contributed by atoms with van der Waals surface area (Å²) in [5.74, 6) is 1.48. The Balaban J connectivity index is 0.000000791. The van der Waals surface area contributed by atoms with Gasteiger partial charge >= 0.3 is 5.79 Å². The van der Waals surface area contributed by atoms with Crippen molar-refractivity contribution < 1.29 is 20.7 Å². The topological polar surface area (TPSA) is 200 Å². The van der Waals surface area contributed by atoms with Crippen molar-refractivity contribution >= 4 is 11.9 Å². The number of aliphatic carboxylic acids is 1. The van der Waals surface area contributed by atoms with Crippen LogP contribution in [0.25, 0.3) is 0 Å². The number of azo groups is 1. The monoisotopic (exact) mass is 205 g/mol. The van der Waals surface area contributed by atoms with Gasteiger partial charge in [0.15, 0.2) is 5.97 Å². The van der Waals surface area contributed by atoms with E-state index >= 15 is 0 Å². The molecule has 0 aliphatic carbocycles. The van der Waals surface area contributed by atoms with E-state index in [0.29, 0.717) is 0 Å². The molecule has 1 aliphatic rings. The maximum absolute atomic E-state index is 10.2. The van der Waals surface area contributed by atoms with Crippen LogP contribution in [0.4, 0.5) is 0 Å². The number of hydrogen-bond acceptors (Lipinski definition) is 9. The molecular formula is C3H7N7O4. The molecule has 1 unspecified atom stereocenters. The molecule has 7 N–H and O–H groups in total. The predicted molar refractivity (Wildman–Crippen MR) is 38.3 cm³/mol. The smallest absolute Gasteiger partial charge is 0.473 e. The number of carboxylic acid groups (broad SMARTS) is 1. The Morgan fingerprint density at radius 3 is 2.21 bits per heavy atom. The third-order valence-electron chi connectivity index (χ3n) is 1.09. The molecule has 11 heteroatoms. The van der Waals surface area contributed by atoms with Gasteiger partial charge in [-0.25, -0.2) is 0 Å². The zero-order valence-corrected chi connectivity index (χ0v) is 6.78. The summed E-state index contributed by atoms with van der Waals surface area (Å²) in [6, 6.07) is 0. The zero-order valence-electron chi connectivity index (χ0n) is 6.78. The third kappa shape index (κ3) is 1.78. The highest BCUT2D eigenvalue weighted by atomic mass is 16.6. The van der Waals surface area contributed by atoms with Gasteiger partial charge in [-0.3, -0.25) is 16.0 Å². The third-order valence-corrected chi connectivity index (χ3v) is 1.09.